The zero-order valence-corrected chi connectivity index (χ0v) is 15.6. The highest BCUT2D eigenvalue weighted by molar-refractivity contribution is 7.89. The van der Waals surface area contributed by atoms with Gasteiger partial charge in [-0.1, -0.05) is 19.9 Å². The number of carbonyl (C=O) groups excluding carboxylic acids is 1. The van der Waals surface area contributed by atoms with Crippen LogP contribution in [0.4, 0.5) is 5.69 Å². The van der Waals surface area contributed by atoms with E-state index in [1.165, 1.54) is 11.2 Å². The van der Waals surface area contributed by atoms with Crippen molar-refractivity contribution in [3.8, 4) is 0 Å². The first-order chi connectivity index (χ1) is 11.1. The summed E-state index contributed by atoms with van der Waals surface area (Å²) in [6.45, 7) is 6.52. The molecule has 0 saturated heterocycles. The van der Waals surface area contributed by atoms with Crippen LogP contribution in [-0.4, -0.2) is 44.8 Å². The summed E-state index contributed by atoms with van der Waals surface area (Å²) in [5.74, 6) is 0.241. The van der Waals surface area contributed by atoms with Gasteiger partial charge in [0.25, 0.3) is 0 Å². The molecule has 7 heteroatoms. The molecule has 1 aromatic carbocycles. The number of hydrogen-bond acceptors (Lipinski definition) is 4. The van der Waals surface area contributed by atoms with Crippen molar-refractivity contribution in [2.45, 2.75) is 44.6 Å². The Hall–Kier alpha value is -1.44. The number of sulfonamides is 1. The van der Waals surface area contributed by atoms with Gasteiger partial charge < -0.3 is 10.6 Å². The van der Waals surface area contributed by atoms with E-state index >= 15 is 0 Å². The normalized spacial score (nSPS) is 15.9. The topological polar surface area (TPSA) is 83.7 Å². The minimum absolute atomic E-state index is 0.0316. The standard InChI is InChI=1S/C17H27N3O3S/c1-12(2)16(18)8-9-19(4)24(22,23)15-6-5-14-7-10-20(13(3)21)17(14)11-15/h5-6,11-12,16H,7-10,18H2,1-4H3. The number of hydrogen-bond donors (Lipinski definition) is 1. The molecule has 0 bridgehead atoms. The molecule has 2 N–H and O–H groups in total. The Morgan fingerprint density at radius 1 is 1.38 bits per heavy atom. The minimum Gasteiger partial charge on any atom is -0.327 e. The van der Waals surface area contributed by atoms with Crippen LogP contribution in [0.2, 0.25) is 0 Å². The van der Waals surface area contributed by atoms with Crippen LogP contribution in [0.15, 0.2) is 23.1 Å². The molecule has 0 aliphatic carbocycles. The third kappa shape index (κ3) is 3.79. The maximum absolute atomic E-state index is 12.8. The zero-order chi connectivity index (χ0) is 18.1. The minimum atomic E-state index is -3.59. The summed E-state index contributed by atoms with van der Waals surface area (Å²) >= 11 is 0. The van der Waals surface area contributed by atoms with Gasteiger partial charge in [0.2, 0.25) is 15.9 Å². The van der Waals surface area contributed by atoms with Crippen LogP contribution >= 0.6 is 0 Å². The number of amides is 1. The maximum atomic E-state index is 12.8. The van der Waals surface area contributed by atoms with Crippen LogP contribution in [0.5, 0.6) is 0 Å². The fourth-order valence-electron chi connectivity index (χ4n) is 2.81. The van der Waals surface area contributed by atoms with Crippen LogP contribution in [0, 0.1) is 5.92 Å². The summed E-state index contributed by atoms with van der Waals surface area (Å²) in [6, 6.07) is 5.00. The average Bonchev–Trinajstić information content (AvgIpc) is 2.95. The van der Waals surface area contributed by atoms with Gasteiger partial charge in [-0.15, -0.1) is 0 Å². The summed E-state index contributed by atoms with van der Waals surface area (Å²) in [5.41, 5.74) is 7.72. The molecule has 0 spiro atoms. The molecule has 6 nitrogen and oxygen atoms in total. The van der Waals surface area contributed by atoms with E-state index in [0.29, 0.717) is 31.1 Å². The van der Waals surface area contributed by atoms with Gasteiger partial charge in [-0.2, -0.15) is 0 Å². The molecule has 1 unspecified atom stereocenters. The van der Waals surface area contributed by atoms with E-state index in [1.54, 1.807) is 30.1 Å². The lowest BCUT2D eigenvalue weighted by Crippen LogP contribution is -2.34. The molecule has 0 fully saturated rings. The maximum Gasteiger partial charge on any atom is 0.242 e. The first-order valence-corrected chi connectivity index (χ1v) is 9.71. The quantitative estimate of drug-likeness (QED) is 0.842. The van der Waals surface area contributed by atoms with Gasteiger partial charge in [0.15, 0.2) is 0 Å². The van der Waals surface area contributed by atoms with Gasteiger partial charge in [-0.25, -0.2) is 12.7 Å². The lowest BCUT2D eigenvalue weighted by Gasteiger charge is -2.22. The predicted molar refractivity (Wildman–Crippen MR) is 95.4 cm³/mol. The molecule has 1 aliphatic rings. The molecular formula is C17H27N3O3S. The number of carbonyl (C=O) groups is 1. The molecule has 1 atom stereocenters. The Morgan fingerprint density at radius 2 is 2.04 bits per heavy atom. The van der Waals surface area contributed by atoms with Crippen molar-refractivity contribution >= 4 is 21.6 Å². The molecule has 2 rings (SSSR count). The number of rotatable bonds is 6. The van der Waals surface area contributed by atoms with Crippen molar-refractivity contribution in [2.24, 2.45) is 11.7 Å². The second kappa shape index (κ2) is 7.21. The summed E-state index contributed by atoms with van der Waals surface area (Å²) in [7, 11) is -2.02. The smallest absolute Gasteiger partial charge is 0.242 e. The molecule has 0 aromatic heterocycles. The second-order valence-corrected chi connectivity index (χ2v) is 8.78. The van der Waals surface area contributed by atoms with Gasteiger partial charge in [-0.05, 0) is 36.5 Å². The summed E-state index contributed by atoms with van der Waals surface area (Å²) in [6.07, 6.45) is 1.37. The third-order valence-corrected chi connectivity index (χ3v) is 6.53. The van der Waals surface area contributed by atoms with E-state index < -0.39 is 10.0 Å². The van der Waals surface area contributed by atoms with Crippen LogP contribution in [0.1, 0.15) is 32.8 Å². The number of benzene rings is 1. The third-order valence-electron chi connectivity index (χ3n) is 4.67. The van der Waals surface area contributed by atoms with Gasteiger partial charge in [0, 0.05) is 38.8 Å². The lowest BCUT2D eigenvalue weighted by molar-refractivity contribution is -0.116. The zero-order valence-electron chi connectivity index (χ0n) is 14.8. The first-order valence-electron chi connectivity index (χ1n) is 8.27. The van der Waals surface area contributed by atoms with Gasteiger partial charge in [0.05, 0.1) is 4.90 Å². The van der Waals surface area contributed by atoms with E-state index in [0.717, 1.165) is 12.0 Å². The average molecular weight is 353 g/mol. The van der Waals surface area contributed by atoms with Crippen molar-refractivity contribution in [3.63, 3.8) is 0 Å². The first kappa shape index (κ1) is 18.9. The summed E-state index contributed by atoms with van der Waals surface area (Å²) < 4.78 is 26.9. The van der Waals surface area contributed by atoms with Crippen LogP contribution in [-0.2, 0) is 21.2 Å². The van der Waals surface area contributed by atoms with E-state index in [-0.39, 0.29) is 16.8 Å². The SMILES string of the molecule is CC(=O)N1CCc2ccc(S(=O)(=O)N(C)CCC(N)C(C)C)cc21. The Balaban J connectivity index is 2.21. The van der Waals surface area contributed by atoms with Crippen molar-refractivity contribution < 1.29 is 13.2 Å². The summed E-state index contributed by atoms with van der Waals surface area (Å²) in [5, 5.41) is 0. The van der Waals surface area contributed by atoms with Crippen molar-refractivity contribution in [1.29, 1.82) is 0 Å². The van der Waals surface area contributed by atoms with Gasteiger partial charge in [-0.3, -0.25) is 4.79 Å². The van der Waals surface area contributed by atoms with Crippen molar-refractivity contribution in [3.05, 3.63) is 23.8 Å². The monoisotopic (exact) mass is 353 g/mol. The molecule has 24 heavy (non-hydrogen) atoms. The van der Waals surface area contributed by atoms with E-state index in [4.69, 9.17) is 5.73 Å². The predicted octanol–water partition coefficient (Wildman–Crippen LogP) is 1.59. The van der Waals surface area contributed by atoms with Gasteiger partial charge >= 0.3 is 0 Å². The highest BCUT2D eigenvalue weighted by Gasteiger charge is 2.27. The van der Waals surface area contributed by atoms with E-state index in [9.17, 15) is 13.2 Å². The molecular weight excluding hydrogens is 326 g/mol. The van der Waals surface area contributed by atoms with E-state index in [1.807, 2.05) is 13.8 Å². The molecule has 0 saturated carbocycles. The second-order valence-electron chi connectivity index (χ2n) is 6.73. The molecule has 0 radical (unpaired) electrons. The summed E-state index contributed by atoms with van der Waals surface area (Å²) in [4.78, 5) is 13.5. The fraction of sp³-hybridized carbons (Fsp3) is 0.588. The largest absolute Gasteiger partial charge is 0.327 e. The number of anilines is 1. The highest BCUT2D eigenvalue weighted by atomic mass is 32.2. The van der Waals surface area contributed by atoms with Crippen molar-refractivity contribution in [1.82, 2.24) is 4.31 Å². The Kier molecular flexibility index (Phi) is 5.67. The van der Waals surface area contributed by atoms with Crippen LogP contribution in [0.3, 0.4) is 0 Å². The molecule has 134 valence electrons. The number of nitrogens with two attached hydrogens (primary N) is 1. The van der Waals surface area contributed by atoms with Crippen molar-refractivity contribution in [2.75, 3.05) is 25.0 Å². The fourth-order valence-corrected chi connectivity index (χ4v) is 4.02. The van der Waals surface area contributed by atoms with E-state index in [2.05, 4.69) is 0 Å². The Labute approximate surface area is 144 Å². The Bertz CT molecular complexity index is 716. The highest BCUT2D eigenvalue weighted by Crippen LogP contribution is 2.31. The lowest BCUT2D eigenvalue weighted by atomic mass is 10.0. The molecule has 1 amide bonds. The van der Waals surface area contributed by atoms with Crippen LogP contribution < -0.4 is 10.6 Å². The van der Waals surface area contributed by atoms with Gasteiger partial charge in [0.1, 0.15) is 0 Å². The van der Waals surface area contributed by atoms with Crippen LogP contribution in [0.25, 0.3) is 0 Å². The molecule has 1 heterocycles. The molecule has 1 aliphatic heterocycles. The molecule has 1 aromatic rings. The number of nitrogens with zero attached hydrogens (tertiary/aromatic N) is 2. The number of fused-ring (bicyclic) bond motifs is 1. The Morgan fingerprint density at radius 3 is 2.62 bits per heavy atom.